The molecule has 2 aromatic heterocycles. The molecule has 1 aliphatic heterocycles. The molecule has 2 atom stereocenters. The molecule has 3 heterocycles. The molecule has 0 aliphatic carbocycles. The van der Waals surface area contributed by atoms with E-state index in [0.717, 1.165) is 12.1 Å². The van der Waals surface area contributed by atoms with Crippen molar-refractivity contribution >= 4 is 17.5 Å². The lowest BCUT2D eigenvalue weighted by molar-refractivity contribution is -0.137. The van der Waals surface area contributed by atoms with E-state index in [-0.39, 0.29) is 23.8 Å². The Kier molecular flexibility index (Phi) is 5.96. The van der Waals surface area contributed by atoms with Crippen LogP contribution in [-0.2, 0) is 10.9 Å². The van der Waals surface area contributed by atoms with Crippen molar-refractivity contribution in [3.63, 3.8) is 0 Å². The van der Waals surface area contributed by atoms with Crippen LogP contribution in [0.1, 0.15) is 19.4 Å². The van der Waals surface area contributed by atoms with Gasteiger partial charge in [0.25, 0.3) is 0 Å². The maximum atomic E-state index is 14.4. The summed E-state index contributed by atoms with van der Waals surface area (Å²) < 4.78 is 58.5. The molecule has 1 aliphatic rings. The Morgan fingerprint density at radius 1 is 1.00 bits per heavy atom. The van der Waals surface area contributed by atoms with Gasteiger partial charge in [0, 0.05) is 18.7 Å². The van der Waals surface area contributed by atoms with Crippen LogP contribution in [0.3, 0.4) is 0 Å². The third kappa shape index (κ3) is 4.96. The highest BCUT2D eigenvalue weighted by Gasteiger charge is 2.30. The molecule has 3 aromatic rings. The third-order valence-corrected chi connectivity index (χ3v) is 5.02. The summed E-state index contributed by atoms with van der Waals surface area (Å²) in [6, 6.07) is 9.20. The Morgan fingerprint density at radius 3 is 2.34 bits per heavy atom. The molecular formula is C22H21F4N5O. The van der Waals surface area contributed by atoms with Crippen molar-refractivity contribution in [2.24, 2.45) is 0 Å². The van der Waals surface area contributed by atoms with Gasteiger partial charge in [0.15, 0.2) is 17.5 Å². The predicted molar refractivity (Wildman–Crippen MR) is 112 cm³/mol. The number of hydrogen-bond acceptors (Lipinski definition) is 6. The number of nitrogens with one attached hydrogen (secondary N) is 1. The summed E-state index contributed by atoms with van der Waals surface area (Å²) in [5.41, 5.74) is 0.314. The second-order valence-corrected chi connectivity index (χ2v) is 7.69. The van der Waals surface area contributed by atoms with E-state index in [2.05, 4.69) is 20.5 Å². The Labute approximate surface area is 182 Å². The molecule has 0 unspecified atom stereocenters. The van der Waals surface area contributed by atoms with Gasteiger partial charge < -0.3 is 15.0 Å². The molecule has 32 heavy (non-hydrogen) atoms. The summed E-state index contributed by atoms with van der Waals surface area (Å²) in [5, 5.41) is 10.6. The SMILES string of the molecule is C[C@@H]1CN(c2ccc(F)c(Nc3cc(-c4ccc(C(F)(F)F)cc4)cnn3)n2)C[C@H](C)O1. The zero-order valence-electron chi connectivity index (χ0n) is 17.4. The summed E-state index contributed by atoms with van der Waals surface area (Å²) in [6.45, 7) is 5.19. The Bertz CT molecular complexity index is 1080. The van der Waals surface area contributed by atoms with E-state index in [9.17, 15) is 17.6 Å². The van der Waals surface area contributed by atoms with Crippen LogP contribution in [0, 0.1) is 5.82 Å². The highest BCUT2D eigenvalue weighted by molar-refractivity contribution is 5.67. The summed E-state index contributed by atoms with van der Waals surface area (Å²) in [7, 11) is 0. The van der Waals surface area contributed by atoms with E-state index in [1.807, 2.05) is 18.7 Å². The molecule has 0 saturated carbocycles. The number of nitrogens with zero attached hydrogens (tertiary/aromatic N) is 4. The number of anilines is 3. The molecule has 0 amide bonds. The normalized spacial score (nSPS) is 19.1. The van der Waals surface area contributed by atoms with Crippen molar-refractivity contribution in [3.05, 3.63) is 60.0 Å². The average Bonchev–Trinajstić information content (AvgIpc) is 2.74. The van der Waals surface area contributed by atoms with Gasteiger partial charge in [0.1, 0.15) is 5.82 Å². The highest BCUT2D eigenvalue weighted by Crippen LogP contribution is 2.31. The minimum absolute atomic E-state index is 0.0202. The first-order chi connectivity index (χ1) is 15.2. The van der Waals surface area contributed by atoms with Crippen molar-refractivity contribution in [1.29, 1.82) is 0 Å². The smallest absolute Gasteiger partial charge is 0.372 e. The van der Waals surface area contributed by atoms with Gasteiger partial charge in [-0.2, -0.15) is 18.3 Å². The standard InChI is InChI=1S/C22H21F4N5O/c1-13-11-31(12-14(2)32-13)20-8-7-18(23)21(29-20)28-19-9-16(10-27-30-19)15-3-5-17(6-4-15)22(24,25)26/h3-10,13-14H,11-12H2,1-2H3,(H,28,29,30)/t13-,14+. The van der Waals surface area contributed by atoms with Crippen LogP contribution >= 0.6 is 0 Å². The van der Waals surface area contributed by atoms with E-state index < -0.39 is 17.6 Å². The monoisotopic (exact) mass is 447 g/mol. The molecule has 10 heteroatoms. The maximum Gasteiger partial charge on any atom is 0.416 e. The molecule has 1 saturated heterocycles. The van der Waals surface area contributed by atoms with E-state index in [0.29, 0.717) is 30.0 Å². The third-order valence-electron chi connectivity index (χ3n) is 5.02. The molecule has 168 valence electrons. The largest absolute Gasteiger partial charge is 0.416 e. The van der Waals surface area contributed by atoms with E-state index in [4.69, 9.17) is 4.74 Å². The number of halogens is 4. The van der Waals surface area contributed by atoms with Gasteiger partial charge in [-0.3, -0.25) is 0 Å². The van der Waals surface area contributed by atoms with E-state index in [1.54, 1.807) is 12.1 Å². The van der Waals surface area contributed by atoms with Crippen LogP contribution in [0.5, 0.6) is 0 Å². The van der Waals surface area contributed by atoms with Crippen molar-refractivity contribution in [2.75, 3.05) is 23.3 Å². The zero-order chi connectivity index (χ0) is 22.9. The summed E-state index contributed by atoms with van der Waals surface area (Å²) in [6.07, 6.45) is -2.95. The second-order valence-electron chi connectivity index (χ2n) is 7.69. The Hall–Kier alpha value is -3.27. The first kappa shape index (κ1) is 21.9. The summed E-state index contributed by atoms with van der Waals surface area (Å²) >= 11 is 0. The van der Waals surface area contributed by atoms with E-state index in [1.165, 1.54) is 24.4 Å². The summed E-state index contributed by atoms with van der Waals surface area (Å²) in [4.78, 5) is 6.41. The van der Waals surface area contributed by atoms with Gasteiger partial charge in [-0.15, -0.1) is 5.10 Å². The number of benzene rings is 1. The first-order valence-electron chi connectivity index (χ1n) is 10.0. The number of hydrogen-bond donors (Lipinski definition) is 1. The molecule has 6 nitrogen and oxygen atoms in total. The fourth-order valence-electron chi connectivity index (χ4n) is 3.62. The molecule has 0 bridgehead atoms. The van der Waals surface area contributed by atoms with Crippen molar-refractivity contribution in [3.8, 4) is 11.1 Å². The van der Waals surface area contributed by atoms with Crippen LogP contribution < -0.4 is 10.2 Å². The number of pyridine rings is 1. The first-order valence-corrected chi connectivity index (χ1v) is 10.0. The molecule has 1 N–H and O–H groups in total. The molecule has 0 spiro atoms. The number of rotatable bonds is 4. The van der Waals surface area contributed by atoms with Gasteiger partial charge in [-0.1, -0.05) is 12.1 Å². The van der Waals surface area contributed by atoms with E-state index >= 15 is 0 Å². The fraction of sp³-hybridized carbons (Fsp3) is 0.318. The minimum Gasteiger partial charge on any atom is -0.372 e. The number of alkyl halides is 3. The number of morpholine rings is 1. The Morgan fingerprint density at radius 2 is 1.69 bits per heavy atom. The van der Waals surface area contributed by atoms with Crippen LogP contribution in [0.25, 0.3) is 11.1 Å². The van der Waals surface area contributed by atoms with Crippen LogP contribution in [-0.4, -0.2) is 40.5 Å². The zero-order valence-corrected chi connectivity index (χ0v) is 17.4. The Balaban J connectivity index is 1.56. The molecule has 0 radical (unpaired) electrons. The van der Waals surface area contributed by atoms with Gasteiger partial charge in [0.05, 0.1) is 24.0 Å². The topological polar surface area (TPSA) is 63.2 Å². The maximum absolute atomic E-state index is 14.4. The molecule has 4 rings (SSSR count). The summed E-state index contributed by atoms with van der Waals surface area (Å²) in [5.74, 6) is 0.232. The van der Waals surface area contributed by atoms with Crippen LogP contribution in [0.2, 0.25) is 0 Å². The van der Waals surface area contributed by atoms with Gasteiger partial charge in [0.2, 0.25) is 0 Å². The quantitative estimate of drug-likeness (QED) is 0.565. The predicted octanol–water partition coefficient (Wildman–Crippen LogP) is 5.05. The van der Waals surface area contributed by atoms with Crippen molar-refractivity contribution < 1.29 is 22.3 Å². The van der Waals surface area contributed by atoms with Crippen molar-refractivity contribution in [2.45, 2.75) is 32.2 Å². The minimum atomic E-state index is -4.41. The van der Waals surface area contributed by atoms with Gasteiger partial charge in [-0.25, -0.2) is 9.37 Å². The van der Waals surface area contributed by atoms with Gasteiger partial charge >= 0.3 is 6.18 Å². The number of aromatic nitrogens is 3. The lowest BCUT2D eigenvalue weighted by Crippen LogP contribution is -2.45. The lowest BCUT2D eigenvalue weighted by Gasteiger charge is -2.36. The number of ether oxygens (including phenoxy) is 1. The van der Waals surface area contributed by atoms with Crippen LogP contribution in [0.15, 0.2) is 48.7 Å². The highest BCUT2D eigenvalue weighted by atomic mass is 19.4. The second kappa shape index (κ2) is 8.70. The van der Waals surface area contributed by atoms with Gasteiger partial charge in [-0.05, 0) is 49.7 Å². The lowest BCUT2D eigenvalue weighted by atomic mass is 10.1. The van der Waals surface area contributed by atoms with Crippen LogP contribution in [0.4, 0.5) is 35.0 Å². The molecule has 1 fully saturated rings. The molecular weight excluding hydrogens is 426 g/mol. The fourth-order valence-corrected chi connectivity index (χ4v) is 3.62. The average molecular weight is 447 g/mol. The van der Waals surface area contributed by atoms with Crippen molar-refractivity contribution in [1.82, 2.24) is 15.2 Å². The molecule has 1 aromatic carbocycles.